The number of imidazole rings is 1. The normalized spacial score (nSPS) is 17.5. The van der Waals surface area contributed by atoms with Gasteiger partial charge in [-0.1, -0.05) is 12.1 Å². The number of H-pyrrole nitrogens is 1. The first-order valence-electron chi connectivity index (χ1n) is 6.68. The Morgan fingerprint density at radius 3 is 2.83 bits per heavy atom. The van der Waals surface area contributed by atoms with Gasteiger partial charge < -0.3 is 14.6 Å². The molecule has 18 heavy (non-hydrogen) atoms. The van der Waals surface area contributed by atoms with Gasteiger partial charge in [-0.15, -0.1) is 0 Å². The molecular formula is C14H19N3O. The molecule has 1 fully saturated rings. The van der Waals surface area contributed by atoms with Crippen LogP contribution in [-0.2, 0) is 4.74 Å². The predicted octanol–water partition coefficient (Wildman–Crippen LogP) is 2.57. The van der Waals surface area contributed by atoms with Gasteiger partial charge in [0, 0.05) is 19.7 Å². The van der Waals surface area contributed by atoms with Crippen LogP contribution in [0.3, 0.4) is 0 Å². The van der Waals surface area contributed by atoms with E-state index in [0.717, 1.165) is 49.5 Å². The van der Waals surface area contributed by atoms with Crippen molar-refractivity contribution in [2.24, 2.45) is 0 Å². The van der Waals surface area contributed by atoms with E-state index in [1.54, 1.807) is 0 Å². The third-order valence-electron chi connectivity index (χ3n) is 3.52. The molecule has 1 saturated heterocycles. The number of ether oxygens (including phenoxy) is 1. The van der Waals surface area contributed by atoms with E-state index >= 15 is 0 Å². The first kappa shape index (κ1) is 11.5. The lowest BCUT2D eigenvalue weighted by Crippen LogP contribution is -2.37. The quantitative estimate of drug-likeness (QED) is 0.903. The molecule has 4 nitrogen and oxygen atoms in total. The van der Waals surface area contributed by atoms with Gasteiger partial charge in [0.05, 0.1) is 17.1 Å². The van der Waals surface area contributed by atoms with Crippen molar-refractivity contribution in [3.63, 3.8) is 0 Å². The van der Waals surface area contributed by atoms with Gasteiger partial charge in [-0.25, -0.2) is 4.98 Å². The highest BCUT2D eigenvalue weighted by Gasteiger charge is 2.21. The van der Waals surface area contributed by atoms with Gasteiger partial charge >= 0.3 is 0 Å². The van der Waals surface area contributed by atoms with Crippen molar-refractivity contribution in [3.8, 4) is 0 Å². The van der Waals surface area contributed by atoms with E-state index < -0.39 is 0 Å². The van der Waals surface area contributed by atoms with Crippen LogP contribution in [0.25, 0.3) is 11.0 Å². The first-order chi connectivity index (χ1) is 8.86. The molecule has 3 rings (SSSR count). The van der Waals surface area contributed by atoms with Crippen LogP contribution in [-0.4, -0.2) is 35.8 Å². The summed E-state index contributed by atoms with van der Waals surface area (Å²) in [6, 6.07) is 8.17. The number of benzene rings is 1. The van der Waals surface area contributed by atoms with Crippen LogP contribution in [0.5, 0.6) is 0 Å². The minimum absolute atomic E-state index is 0.427. The molecule has 0 bridgehead atoms. The fraction of sp³-hybridized carbons (Fsp3) is 0.500. The predicted molar refractivity (Wildman–Crippen MR) is 73.0 cm³/mol. The molecule has 2 aromatic rings. The number of hydrogen-bond acceptors (Lipinski definition) is 3. The van der Waals surface area contributed by atoms with Gasteiger partial charge in [0.1, 0.15) is 0 Å². The second-order valence-electron chi connectivity index (χ2n) is 4.72. The van der Waals surface area contributed by atoms with Gasteiger partial charge in [-0.3, -0.25) is 0 Å². The standard InChI is InChI=1S/C14H19N3O/c1-2-18-11-7-9-17(10-8-11)14-15-12-5-3-4-6-13(12)16-14/h3-6,11H,2,7-10H2,1H3,(H,15,16). The summed E-state index contributed by atoms with van der Waals surface area (Å²) in [7, 11) is 0. The Morgan fingerprint density at radius 2 is 2.11 bits per heavy atom. The molecule has 96 valence electrons. The summed E-state index contributed by atoms with van der Waals surface area (Å²) in [5.74, 6) is 0.992. The van der Waals surface area contributed by atoms with E-state index in [9.17, 15) is 0 Å². The number of nitrogens with one attached hydrogen (secondary N) is 1. The van der Waals surface area contributed by atoms with Gasteiger partial charge in [0.25, 0.3) is 0 Å². The highest BCUT2D eigenvalue weighted by atomic mass is 16.5. The Hall–Kier alpha value is -1.55. The average molecular weight is 245 g/mol. The first-order valence-corrected chi connectivity index (χ1v) is 6.68. The van der Waals surface area contributed by atoms with E-state index in [4.69, 9.17) is 4.74 Å². The molecule has 4 heteroatoms. The molecule has 0 aliphatic carbocycles. The van der Waals surface area contributed by atoms with Crippen LogP contribution >= 0.6 is 0 Å². The number of fused-ring (bicyclic) bond motifs is 1. The molecule has 1 aromatic carbocycles. The Kier molecular flexibility index (Phi) is 3.19. The second kappa shape index (κ2) is 4.98. The van der Waals surface area contributed by atoms with Crippen LogP contribution < -0.4 is 4.90 Å². The maximum absolute atomic E-state index is 5.67. The van der Waals surface area contributed by atoms with E-state index in [1.807, 2.05) is 18.2 Å². The number of nitrogens with zero attached hydrogens (tertiary/aromatic N) is 2. The SMILES string of the molecule is CCOC1CCN(c2nc3ccccc3[nH]2)CC1. The third-order valence-corrected chi connectivity index (χ3v) is 3.52. The highest BCUT2D eigenvalue weighted by molar-refractivity contribution is 5.77. The van der Waals surface area contributed by atoms with Crippen molar-refractivity contribution in [1.82, 2.24) is 9.97 Å². The van der Waals surface area contributed by atoms with Crippen molar-refractivity contribution >= 4 is 17.0 Å². The molecule has 0 amide bonds. The number of piperidine rings is 1. The number of aromatic nitrogens is 2. The molecule has 0 saturated carbocycles. The zero-order valence-electron chi connectivity index (χ0n) is 10.7. The molecule has 2 heterocycles. The van der Waals surface area contributed by atoms with Crippen LogP contribution in [0.15, 0.2) is 24.3 Å². The summed E-state index contributed by atoms with van der Waals surface area (Å²) in [6.07, 6.45) is 2.60. The van der Waals surface area contributed by atoms with Crippen LogP contribution in [0, 0.1) is 0 Å². The average Bonchev–Trinajstić information content (AvgIpc) is 2.84. The van der Waals surface area contributed by atoms with Crippen molar-refractivity contribution < 1.29 is 4.74 Å². The van der Waals surface area contributed by atoms with Crippen LogP contribution in [0.4, 0.5) is 5.95 Å². The molecule has 0 radical (unpaired) electrons. The van der Waals surface area contributed by atoms with E-state index in [1.165, 1.54) is 0 Å². The fourth-order valence-electron chi connectivity index (χ4n) is 2.56. The molecule has 1 aliphatic heterocycles. The number of rotatable bonds is 3. The maximum Gasteiger partial charge on any atom is 0.203 e. The number of anilines is 1. The lowest BCUT2D eigenvalue weighted by atomic mass is 10.1. The minimum atomic E-state index is 0.427. The fourth-order valence-corrected chi connectivity index (χ4v) is 2.56. The van der Waals surface area contributed by atoms with Gasteiger partial charge in [-0.05, 0) is 31.9 Å². The largest absolute Gasteiger partial charge is 0.378 e. The summed E-state index contributed by atoms with van der Waals surface area (Å²) in [5, 5.41) is 0. The Balaban J connectivity index is 1.72. The lowest BCUT2D eigenvalue weighted by Gasteiger charge is -2.31. The highest BCUT2D eigenvalue weighted by Crippen LogP contribution is 2.21. The van der Waals surface area contributed by atoms with Crippen LogP contribution in [0.1, 0.15) is 19.8 Å². The van der Waals surface area contributed by atoms with Gasteiger partial charge in [0.15, 0.2) is 0 Å². The zero-order valence-corrected chi connectivity index (χ0v) is 10.7. The zero-order chi connectivity index (χ0) is 12.4. The summed E-state index contributed by atoms with van der Waals surface area (Å²) in [5.41, 5.74) is 2.15. The number of para-hydroxylation sites is 2. The number of hydrogen-bond donors (Lipinski definition) is 1. The summed E-state index contributed by atoms with van der Waals surface area (Å²) in [6.45, 7) is 4.91. The maximum atomic E-state index is 5.67. The third kappa shape index (κ3) is 2.20. The van der Waals surface area contributed by atoms with E-state index in [-0.39, 0.29) is 0 Å². The van der Waals surface area contributed by atoms with Crippen molar-refractivity contribution in [2.75, 3.05) is 24.6 Å². The Morgan fingerprint density at radius 1 is 1.33 bits per heavy atom. The van der Waals surface area contributed by atoms with Crippen molar-refractivity contribution in [3.05, 3.63) is 24.3 Å². The van der Waals surface area contributed by atoms with E-state index in [0.29, 0.717) is 6.10 Å². The van der Waals surface area contributed by atoms with Crippen molar-refractivity contribution in [1.29, 1.82) is 0 Å². The second-order valence-corrected chi connectivity index (χ2v) is 4.72. The smallest absolute Gasteiger partial charge is 0.203 e. The van der Waals surface area contributed by atoms with Gasteiger partial charge in [-0.2, -0.15) is 0 Å². The molecule has 0 spiro atoms. The Labute approximate surface area is 107 Å². The molecule has 1 aromatic heterocycles. The summed E-state index contributed by atoms with van der Waals surface area (Å²) < 4.78 is 5.67. The molecule has 1 N–H and O–H groups in total. The summed E-state index contributed by atoms with van der Waals surface area (Å²) >= 11 is 0. The minimum Gasteiger partial charge on any atom is -0.378 e. The van der Waals surface area contributed by atoms with E-state index in [2.05, 4.69) is 27.9 Å². The summed E-state index contributed by atoms with van der Waals surface area (Å²) in [4.78, 5) is 10.3. The molecule has 0 unspecified atom stereocenters. The number of aromatic amines is 1. The van der Waals surface area contributed by atoms with Gasteiger partial charge in [0.2, 0.25) is 5.95 Å². The Bertz CT molecular complexity index is 481. The van der Waals surface area contributed by atoms with Crippen molar-refractivity contribution in [2.45, 2.75) is 25.9 Å². The lowest BCUT2D eigenvalue weighted by molar-refractivity contribution is 0.0457. The molecule has 1 aliphatic rings. The van der Waals surface area contributed by atoms with Crippen LogP contribution in [0.2, 0.25) is 0 Å². The monoisotopic (exact) mass is 245 g/mol. The molecule has 0 atom stereocenters. The topological polar surface area (TPSA) is 41.1 Å². The molecular weight excluding hydrogens is 226 g/mol.